The molecule has 5 rings (SSSR count). The van der Waals surface area contributed by atoms with Crippen LogP contribution in [0.5, 0.6) is 0 Å². The van der Waals surface area contributed by atoms with Gasteiger partial charge in [0.2, 0.25) is 0 Å². The third-order valence-corrected chi connectivity index (χ3v) is 5.89. The van der Waals surface area contributed by atoms with Crippen molar-refractivity contribution >= 4 is 22.6 Å². The number of anilines is 1. The maximum atomic E-state index is 12.7. The van der Waals surface area contributed by atoms with Crippen LogP contribution in [0.25, 0.3) is 22.2 Å². The summed E-state index contributed by atoms with van der Waals surface area (Å²) in [5.74, 6) is 0. The van der Waals surface area contributed by atoms with E-state index >= 15 is 0 Å². The Hall–Kier alpha value is -3.14. The van der Waals surface area contributed by atoms with Crippen molar-refractivity contribution in [1.82, 2.24) is 25.0 Å². The van der Waals surface area contributed by atoms with E-state index < -0.39 is 12.7 Å². The third-order valence-electron chi connectivity index (χ3n) is 5.89. The van der Waals surface area contributed by atoms with Crippen LogP contribution in [-0.2, 0) is 6.54 Å². The summed E-state index contributed by atoms with van der Waals surface area (Å²) in [6, 6.07) is 7.16. The van der Waals surface area contributed by atoms with E-state index in [9.17, 15) is 18.0 Å². The second-order valence-electron chi connectivity index (χ2n) is 8.16. The van der Waals surface area contributed by atoms with Gasteiger partial charge in [0, 0.05) is 54.2 Å². The molecule has 0 unspecified atom stereocenters. The summed E-state index contributed by atoms with van der Waals surface area (Å²) < 4.78 is 38.2. The van der Waals surface area contributed by atoms with Crippen LogP contribution < -0.4 is 5.32 Å². The molecule has 31 heavy (non-hydrogen) atoms. The van der Waals surface area contributed by atoms with Crippen LogP contribution in [0.2, 0.25) is 0 Å². The van der Waals surface area contributed by atoms with Crippen molar-refractivity contribution in [1.29, 1.82) is 0 Å². The van der Waals surface area contributed by atoms with Crippen molar-refractivity contribution in [2.45, 2.75) is 32.1 Å². The van der Waals surface area contributed by atoms with E-state index in [4.69, 9.17) is 0 Å². The molecule has 1 fully saturated rings. The van der Waals surface area contributed by atoms with Gasteiger partial charge in [0.05, 0.1) is 12.1 Å². The van der Waals surface area contributed by atoms with E-state index in [1.807, 2.05) is 31.2 Å². The summed E-state index contributed by atoms with van der Waals surface area (Å²) in [6.45, 7) is 1.86. The van der Waals surface area contributed by atoms with Gasteiger partial charge in [-0.05, 0) is 43.2 Å². The Morgan fingerprint density at radius 1 is 1.26 bits per heavy atom. The molecule has 0 saturated carbocycles. The molecular formula is C21H21F3N6O. The minimum absolute atomic E-state index is 0.220. The van der Waals surface area contributed by atoms with Crippen LogP contribution in [0.15, 0.2) is 30.5 Å². The number of amides is 2. The number of likely N-dealkylation sites (tertiary alicyclic amines) is 1. The van der Waals surface area contributed by atoms with Gasteiger partial charge in [-0.3, -0.25) is 15.0 Å². The summed E-state index contributed by atoms with van der Waals surface area (Å²) in [5.41, 5.74) is 5.02. The normalized spacial score (nSPS) is 19.7. The maximum absolute atomic E-state index is 12.7. The van der Waals surface area contributed by atoms with Crippen molar-refractivity contribution in [2.75, 3.05) is 25.0 Å². The van der Waals surface area contributed by atoms with Crippen molar-refractivity contribution in [3.8, 4) is 11.3 Å². The number of aryl methyl sites for hydroxylation is 1. The minimum atomic E-state index is -4.24. The van der Waals surface area contributed by atoms with Gasteiger partial charge in [0.25, 0.3) is 0 Å². The number of aromatic amines is 1. The van der Waals surface area contributed by atoms with E-state index in [0.717, 1.165) is 33.4 Å². The first-order chi connectivity index (χ1) is 14.8. The smallest absolute Gasteiger partial charge is 0.316 e. The molecule has 4 heterocycles. The largest absolute Gasteiger partial charge is 0.401 e. The maximum Gasteiger partial charge on any atom is 0.401 e. The first-order valence-electron chi connectivity index (χ1n) is 10.1. The Morgan fingerprint density at radius 2 is 2.10 bits per heavy atom. The molecule has 1 atom stereocenters. The molecule has 2 N–H and O–H groups in total. The Bertz CT molecular complexity index is 1160. The Kier molecular flexibility index (Phi) is 4.62. The molecule has 2 aliphatic heterocycles. The predicted molar refractivity (Wildman–Crippen MR) is 110 cm³/mol. The average Bonchev–Trinajstić information content (AvgIpc) is 3.31. The zero-order valence-electron chi connectivity index (χ0n) is 16.8. The van der Waals surface area contributed by atoms with Crippen LogP contribution >= 0.6 is 0 Å². The molecule has 0 radical (unpaired) electrons. The lowest BCUT2D eigenvalue weighted by Gasteiger charge is -2.34. The van der Waals surface area contributed by atoms with Crippen LogP contribution in [-0.4, -0.2) is 62.9 Å². The number of urea groups is 1. The molecule has 1 saturated heterocycles. The van der Waals surface area contributed by atoms with Crippen molar-refractivity contribution in [2.24, 2.45) is 0 Å². The average molecular weight is 430 g/mol. The van der Waals surface area contributed by atoms with Gasteiger partial charge in [-0.1, -0.05) is 0 Å². The fraction of sp³-hybridized carbons (Fsp3) is 0.381. The zero-order valence-corrected chi connectivity index (χ0v) is 16.8. The van der Waals surface area contributed by atoms with Gasteiger partial charge in [-0.15, -0.1) is 0 Å². The van der Waals surface area contributed by atoms with E-state index in [-0.39, 0.29) is 18.6 Å². The molecule has 2 aliphatic rings. The molecule has 3 aromatic rings. The van der Waals surface area contributed by atoms with Gasteiger partial charge in [0.1, 0.15) is 5.69 Å². The SMILES string of the molecule is Cc1cc(-c2n[nH]c3cc4c(cc23)CN([C@H]2CCN(CC(F)(F)F)C2)C(=O)N4)ccn1. The van der Waals surface area contributed by atoms with Crippen molar-refractivity contribution < 1.29 is 18.0 Å². The lowest BCUT2D eigenvalue weighted by Crippen LogP contribution is -2.46. The monoisotopic (exact) mass is 430 g/mol. The van der Waals surface area contributed by atoms with Gasteiger partial charge in [-0.25, -0.2) is 4.79 Å². The Morgan fingerprint density at radius 3 is 2.87 bits per heavy atom. The molecule has 7 nitrogen and oxygen atoms in total. The summed E-state index contributed by atoms with van der Waals surface area (Å²) in [4.78, 5) is 19.9. The number of fused-ring (bicyclic) bond motifs is 2. The molecule has 10 heteroatoms. The lowest BCUT2D eigenvalue weighted by molar-refractivity contribution is -0.143. The quantitative estimate of drug-likeness (QED) is 0.661. The second kappa shape index (κ2) is 7.23. The molecule has 2 amide bonds. The summed E-state index contributed by atoms with van der Waals surface area (Å²) in [7, 11) is 0. The molecular weight excluding hydrogens is 409 g/mol. The van der Waals surface area contributed by atoms with Crippen molar-refractivity contribution in [3.05, 3.63) is 41.7 Å². The zero-order chi connectivity index (χ0) is 21.8. The first-order valence-corrected chi connectivity index (χ1v) is 10.1. The number of alkyl halides is 3. The molecule has 0 bridgehead atoms. The molecule has 162 valence electrons. The minimum Gasteiger partial charge on any atom is -0.316 e. The van der Waals surface area contributed by atoms with E-state index in [1.165, 1.54) is 4.90 Å². The Labute approximate surface area is 176 Å². The fourth-order valence-corrected chi connectivity index (χ4v) is 4.47. The highest BCUT2D eigenvalue weighted by Gasteiger charge is 2.38. The van der Waals surface area contributed by atoms with Crippen molar-refractivity contribution in [3.63, 3.8) is 0 Å². The second-order valence-corrected chi connectivity index (χ2v) is 8.16. The number of aromatic nitrogens is 3. The number of benzene rings is 1. The number of rotatable bonds is 3. The highest BCUT2D eigenvalue weighted by atomic mass is 19.4. The Balaban J connectivity index is 1.42. The number of carbonyl (C=O) groups is 1. The van der Waals surface area contributed by atoms with Crippen LogP contribution in [0.1, 0.15) is 17.7 Å². The van der Waals surface area contributed by atoms with E-state index in [0.29, 0.717) is 25.2 Å². The fourth-order valence-electron chi connectivity index (χ4n) is 4.47. The number of carbonyl (C=O) groups excluding carboxylic acids is 1. The van der Waals surface area contributed by atoms with Gasteiger partial charge >= 0.3 is 12.2 Å². The number of nitrogens with one attached hydrogen (secondary N) is 2. The highest BCUT2D eigenvalue weighted by Crippen LogP contribution is 2.34. The van der Waals surface area contributed by atoms with E-state index in [2.05, 4.69) is 20.5 Å². The third kappa shape index (κ3) is 3.83. The van der Waals surface area contributed by atoms with Gasteiger partial charge in [0.15, 0.2) is 0 Å². The number of hydrogen-bond acceptors (Lipinski definition) is 4. The van der Waals surface area contributed by atoms with Crippen LogP contribution in [0, 0.1) is 6.92 Å². The van der Waals surface area contributed by atoms with Crippen LogP contribution in [0.4, 0.5) is 23.7 Å². The topological polar surface area (TPSA) is 77.2 Å². The standard InChI is InChI=1S/C21H21F3N6O/c1-12-6-13(2-4-25-12)19-16-7-14-9-30(15-3-5-29(10-15)11-21(22,23)24)20(31)26-17(14)8-18(16)27-28-19/h2,4,6-8,15H,3,5,9-11H2,1H3,(H,26,31)(H,27,28)/t15-/m0/s1. The summed E-state index contributed by atoms with van der Waals surface area (Å²) >= 11 is 0. The van der Waals surface area contributed by atoms with E-state index in [1.54, 1.807) is 11.1 Å². The van der Waals surface area contributed by atoms with Gasteiger partial charge in [-0.2, -0.15) is 18.3 Å². The molecule has 2 aromatic heterocycles. The first kappa shape index (κ1) is 19.8. The number of halogens is 3. The molecule has 0 spiro atoms. The predicted octanol–water partition coefficient (Wildman–Crippen LogP) is 3.92. The summed E-state index contributed by atoms with van der Waals surface area (Å²) in [5, 5.41) is 11.3. The van der Waals surface area contributed by atoms with Crippen LogP contribution in [0.3, 0.4) is 0 Å². The highest BCUT2D eigenvalue weighted by molar-refractivity contribution is 6.00. The lowest BCUT2D eigenvalue weighted by atomic mass is 10.0. The van der Waals surface area contributed by atoms with Gasteiger partial charge < -0.3 is 10.2 Å². The number of nitrogens with zero attached hydrogens (tertiary/aromatic N) is 4. The summed E-state index contributed by atoms with van der Waals surface area (Å²) in [6.07, 6.45) is -1.98. The molecule has 0 aliphatic carbocycles. The number of pyridine rings is 1. The number of H-pyrrole nitrogens is 1. The number of hydrogen-bond donors (Lipinski definition) is 2. The molecule has 1 aromatic carbocycles.